The zero-order valence-corrected chi connectivity index (χ0v) is 9.94. The maximum absolute atomic E-state index is 5.52. The Morgan fingerprint density at radius 1 is 1.13 bits per heavy atom. The van der Waals surface area contributed by atoms with Gasteiger partial charge in [-0.3, -0.25) is 4.90 Å². The molecule has 0 amide bonds. The fraction of sp³-hybridized carbons (Fsp3) is 0.538. The second kappa shape index (κ2) is 6.59. The van der Waals surface area contributed by atoms with E-state index < -0.39 is 0 Å². The van der Waals surface area contributed by atoms with E-state index in [0.29, 0.717) is 0 Å². The highest BCUT2D eigenvalue weighted by Gasteiger charge is 2.14. The van der Waals surface area contributed by atoms with Crippen LogP contribution in [0, 0.1) is 0 Å². The maximum atomic E-state index is 5.52. The van der Waals surface area contributed by atoms with E-state index >= 15 is 0 Å². The Morgan fingerprint density at radius 2 is 1.73 bits per heavy atom. The molecule has 0 bridgehead atoms. The molecular weight excluding hydrogens is 186 g/mol. The predicted molar refractivity (Wildman–Crippen MR) is 63.9 cm³/mol. The third-order valence-electron chi connectivity index (χ3n) is 2.74. The van der Waals surface area contributed by atoms with Crippen molar-refractivity contribution in [2.45, 2.75) is 26.5 Å². The van der Waals surface area contributed by atoms with Gasteiger partial charge < -0.3 is 4.74 Å². The van der Waals surface area contributed by atoms with Crippen molar-refractivity contribution in [1.82, 2.24) is 4.90 Å². The molecule has 0 heterocycles. The lowest BCUT2D eigenvalue weighted by atomic mass is 10.1. The largest absolute Gasteiger partial charge is 0.366 e. The summed E-state index contributed by atoms with van der Waals surface area (Å²) in [6, 6.07) is 10.5. The van der Waals surface area contributed by atoms with E-state index in [2.05, 4.69) is 43.0 Å². The number of hydrogen-bond acceptors (Lipinski definition) is 2. The van der Waals surface area contributed by atoms with Crippen LogP contribution >= 0.6 is 0 Å². The van der Waals surface area contributed by atoms with Crippen LogP contribution in [-0.4, -0.2) is 31.3 Å². The molecule has 0 fully saturated rings. The Kier molecular flexibility index (Phi) is 5.37. The van der Waals surface area contributed by atoms with Gasteiger partial charge in [0, 0.05) is 13.5 Å². The molecule has 2 heteroatoms. The van der Waals surface area contributed by atoms with Crippen LogP contribution in [0.5, 0.6) is 0 Å². The van der Waals surface area contributed by atoms with Crippen LogP contribution in [0.3, 0.4) is 0 Å². The summed E-state index contributed by atoms with van der Waals surface area (Å²) in [6.45, 7) is 6.39. The molecule has 1 atom stereocenters. The Balaban J connectivity index is 2.61. The first-order chi connectivity index (χ1) is 7.31. The van der Waals surface area contributed by atoms with E-state index in [1.54, 1.807) is 7.11 Å². The molecule has 0 aliphatic rings. The van der Waals surface area contributed by atoms with Crippen LogP contribution in [-0.2, 0) is 11.2 Å². The normalized spacial score (nSPS) is 13.1. The fourth-order valence-electron chi connectivity index (χ4n) is 1.81. The number of nitrogens with zero attached hydrogens (tertiary/aromatic N) is 1. The van der Waals surface area contributed by atoms with Gasteiger partial charge in [0.05, 0.1) is 0 Å². The van der Waals surface area contributed by atoms with Crippen molar-refractivity contribution in [3.8, 4) is 0 Å². The first kappa shape index (κ1) is 12.2. The zero-order valence-electron chi connectivity index (χ0n) is 9.94. The summed E-state index contributed by atoms with van der Waals surface area (Å²) in [5, 5.41) is 0. The summed E-state index contributed by atoms with van der Waals surface area (Å²) in [5.41, 5.74) is 1.33. The molecular formula is C13H21NO. The standard InChI is InChI=1S/C13H21NO/c1-4-14(5-2)13(15-3)11-12-9-7-6-8-10-12/h6-10,13H,4-5,11H2,1-3H3. The summed E-state index contributed by atoms with van der Waals surface area (Å²) >= 11 is 0. The summed E-state index contributed by atoms with van der Waals surface area (Å²) < 4.78 is 5.52. The van der Waals surface area contributed by atoms with E-state index in [0.717, 1.165) is 19.5 Å². The molecule has 84 valence electrons. The van der Waals surface area contributed by atoms with Gasteiger partial charge >= 0.3 is 0 Å². The second-order valence-electron chi connectivity index (χ2n) is 3.60. The molecule has 0 spiro atoms. The van der Waals surface area contributed by atoms with Crippen LogP contribution in [0.1, 0.15) is 19.4 Å². The molecule has 1 unspecified atom stereocenters. The molecule has 0 N–H and O–H groups in total. The fourth-order valence-corrected chi connectivity index (χ4v) is 1.81. The number of rotatable bonds is 6. The Labute approximate surface area is 92.9 Å². The first-order valence-electron chi connectivity index (χ1n) is 5.62. The van der Waals surface area contributed by atoms with E-state index in [4.69, 9.17) is 4.74 Å². The van der Waals surface area contributed by atoms with E-state index in [9.17, 15) is 0 Å². The summed E-state index contributed by atoms with van der Waals surface area (Å²) in [6.07, 6.45) is 1.15. The summed E-state index contributed by atoms with van der Waals surface area (Å²) in [5.74, 6) is 0. The van der Waals surface area contributed by atoms with E-state index in [1.165, 1.54) is 5.56 Å². The Bertz CT molecular complexity index is 256. The van der Waals surface area contributed by atoms with Crippen molar-refractivity contribution < 1.29 is 4.74 Å². The minimum Gasteiger partial charge on any atom is -0.366 e. The molecule has 1 rings (SSSR count). The van der Waals surface area contributed by atoms with Crippen molar-refractivity contribution in [2.24, 2.45) is 0 Å². The van der Waals surface area contributed by atoms with Crippen molar-refractivity contribution in [1.29, 1.82) is 0 Å². The van der Waals surface area contributed by atoms with E-state index in [1.807, 2.05) is 6.07 Å². The van der Waals surface area contributed by atoms with Crippen LogP contribution in [0.15, 0.2) is 30.3 Å². The molecule has 0 saturated heterocycles. The van der Waals surface area contributed by atoms with Gasteiger partial charge in [0.25, 0.3) is 0 Å². The third-order valence-corrected chi connectivity index (χ3v) is 2.74. The van der Waals surface area contributed by atoms with Gasteiger partial charge in [0.15, 0.2) is 0 Å². The summed E-state index contributed by atoms with van der Waals surface area (Å²) in [4.78, 5) is 2.33. The molecule has 0 saturated carbocycles. The molecule has 0 aliphatic heterocycles. The van der Waals surface area contributed by atoms with Gasteiger partial charge in [0.1, 0.15) is 6.23 Å². The second-order valence-corrected chi connectivity index (χ2v) is 3.60. The predicted octanol–water partition coefficient (Wildman–Crippen LogP) is 2.54. The number of methoxy groups -OCH3 is 1. The number of ether oxygens (including phenoxy) is 1. The van der Waals surface area contributed by atoms with Crippen molar-refractivity contribution in [3.63, 3.8) is 0 Å². The van der Waals surface area contributed by atoms with Gasteiger partial charge in [-0.2, -0.15) is 0 Å². The SMILES string of the molecule is CCN(CC)C(Cc1ccccc1)OC. The lowest BCUT2D eigenvalue weighted by Gasteiger charge is -2.28. The molecule has 0 aliphatic carbocycles. The van der Waals surface area contributed by atoms with Crippen LogP contribution in [0.25, 0.3) is 0 Å². The van der Waals surface area contributed by atoms with Gasteiger partial charge in [-0.1, -0.05) is 44.2 Å². The quantitative estimate of drug-likeness (QED) is 0.665. The van der Waals surface area contributed by atoms with E-state index in [-0.39, 0.29) is 6.23 Å². The van der Waals surface area contributed by atoms with Gasteiger partial charge in [-0.15, -0.1) is 0 Å². The Morgan fingerprint density at radius 3 is 2.20 bits per heavy atom. The van der Waals surface area contributed by atoms with Crippen molar-refractivity contribution in [2.75, 3.05) is 20.2 Å². The first-order valence-corrected chi connectivity index (χ1v) is 5.62. The number of benzene rings is 1. The van der Waals surface area contributed by atoms with Crippen molar-refractivity contribution in [3.05, 3.63) is 35.9 Å². The minimum absolute atomic E-state index is 0.197. The lowest BCUT2D eigenvalue weighted by Crippen LogP contribution is -2.37. The maximum Gasteiger partial charge on any atom is 0.114 e. The topological polar surface area (TPSA) is 12.5 Å². The zero-order chi connectivity index (χ0) is 11.1. The van der Waals surface area contributed by atoms with Gasteiger partial charge in [0.2, 0.25) is 0 Å². The van der Waals surface area contributed by atoms with Crippen LogP contribution in [0.4, 0.5) is 0 Å². The van der Waals surface area contributed by atoms with Crippen LogP contribution in [0.2, 0.25) is 0 Å². The molecule has 2 nitrogen and oxygen atoms in total. The monoisotopic (exact) mass is 207 g/mol. The molecule has 0 radical (unpaired) electrons. The minimum atomic E-state index is 0.197. The van der Waals surface area contributed by atoms with Gasteiger partial charge in [-0.25, -0.2) is 0 Å². The molecule has 0 aromatic heterocycles. The Hall–Kier alpha value is -0.860. The molecule has 1 aromatic carbocycles. The third kappa shape index (κ3) is 3.65. The van der Waals surface area contributed by atoms with Crippen LogP contribution < -0.4 is 0 Å². The number of likely N-dealkylation sites (N-methyl/N-ethyl adjacent to an activating group) is 1. The highest BCUT2D eigenvalue weighted by Crippen LogP contribution is 2.09. The van der Waals surface area contributed by atoms with Gasteiger partial charge in [-0.05, 0) is 18.7 Å². The number of hydrogen-bond donors (Lipinski definition) is 0. The average molecular weight is 207 g/mol. The summed E-state index contributed by atoms with van der Waals surface area (Å²) in [7, 11) is 1.78. The van der Waals surface area contributed by atoms with Crippen molar-refractivity contribution >= 4 is 0 Å². The smallest absolute Gasteiger partial charge is 0.114 e. The molecule has 15 heavy (non-hydrogen) atoms. The highest BCUT2D eigenvalue weighted by atomic mass is 16.5. The lowest BCUT2D eigenvalue weighted by molar-refractivity contribution is -0.0261. The molecule has 1 aromatic rings. The highest BCUT2D eigenvalue weighted by molar-refractivity contribution is 5.15. The average Bonchev–Trinajstić information content (AvgIpc) is 2.30.